The first kappa shape index (κ1) is 12.5. The first-order valence-electron chi connectivity index (χ1n) is 6.24. The van der Waals surface area contributed by atoms with Crippen LogP contribution >= 0.6 is 0 Å². The van der Waals surface area contributed by atoms with Crippen molar-refractivity contribution in [3.05, 3.63) is 29.8 Å². The number of ether oxygens (including phenoxy) is 1. The maximum atomic E-state index is 12.9. The molecule has 1 aliphatic heterocycles. The van der Waals surface area contributed by atoms with E-state index in [0.29, 0.717) is 5.92 Å². The van der Waals surface area contributed by atoms with E-state index in [1.807, 2.05) is 0 Å². The second kappa shape index (κ2) is 6.07. The van der Waals surface area contributed by atoms with Crippen LogP contribution in [0.5, 0.6) is 0 Å². The molecule has 1 fully saturated rings. The number of nitrogens with one attached hydrogen (secondary N) is 1. The van der Waals surface area contributed by atoms with Crippen molar-refractivity contribution in [2.45, 2.75) is 25.8 Å². The molecule has 0 radical (unpaired) electrons. The lowest BCUT2D eigenvalue weighted by Crippen LogP contribution is -2.32. The highest BCUT2D eigenvalue weighted by molar-refractivity contribution is 5.11. The lowest BCUT2D eigenvalue weighted by molar-refractivity contribution is 0.0533. The minimum atomic E-state index is -0.282. The Balaban J connectivity index is 2.12. The van der Waals surface area contributed by atoms with Crippen molar-refractivity contribution < 1.29 is 9.13 Å². The smallest absolute Gasteiger partial charge is 0.141 e. The molecule has 1 saturated heterocycles. The summed E-state index contributed by atoms with van der Waals surface area (Å²) in [6.07, 6.45) is 3.37. The van der Waals surface area contributed by atoms with Gasteiger partial charge in [0.15, 0.2) is 0 Å². The van der Waals surface area contributed by atoms with Gasteiger partial charge in [-0.1, -0.05) is 6.92 Å². The third-order valence-electron chi connectivity index (χ3n) is 3.23. The van der Waals surface area contributed by atoms with Gasteiger partial charge in [0.05, 0.1) is 17.9 Å². The van der Waals surface area contributed by atoms with Crippen molar-refractivity contribution in [1.82, 2.24) is 10.3 Å². The zero-order valence-electron chi connectivity index (χ0n) is 10.2. The average molecular weight is 238 g/mol. The molecule has 0 bridgehead atoms. The average Bonchev–Trinajstić information content (AvgIpc) is 2.38. The van der Waals surface area contributed by atoms with Crippen molar-refractivity contribution in [3.63, 3.8) is 0 Å². The molecule has 94 valence electrons. The van der Waals surface area contributed by atoms with Gasteiger partial charge in [-0.15, -0.1) is 0 Å². The van der Waals surface area contributed by atoms with E-state index in [1.165, 1.54) is 12.3 Å². The molecule has 2 heterocycles. The molecule has 2 rings (SSSR count). The van der Waals surface area contributed by atoms with E-state index in [1.54, 1.807) is 6.07 Å². The number of nitrogens with zero attached hydrogens (tertiary/aromatic N) is 1. The third-order valence-corrected chi connectivity index (χ3v) is 3.23. The molecule has 0 amide bonds. The summed E-state index contributed by atoms with van der Waals surface area (Å²) in [4.78, 5) is 4.19. The molecular formula is C13H19FN2O. The quantitative estimate of drug-likeness (QED) is 0.874. The van der Waals surface area contributed by atoms with Gasteiger partial charge in [-0.2, -0.15) is 0 Å². The monoisotopic (exact) mass is 238 g/mol. The fourth-order valence-electron chi connectivity index (χ4n) is 2.35. The number of aromatic nitrogens is 1. The van der Waals surface area contributed by atoms with Crippen molar-refractivity contribution in [2.75, 3.05) is 19.8 Å². The van der Waals surface area contributed by atoms with Gasteiger partial charge >= 0.3 is 0 Å². The molecule has 0 saturated carbocycles. The van der Waals surface area contributed by atoms with Crippen LogP contribution in [0.15, 0.2) is 18.3 Å². The zero-order chi connectivity index (χ0) is 12.1. The fourth-order valence-corrected chi connectivity index (χ4v) is 2.35. The highest BCUT2D eigenvalue weighted by atomic mass is 19.1. The molecular weight excluding hydrogens is 219 g/mol. The Morgan fingerprint density at radius 1 is 1.47 bits per heavy atom. The van der Waals surface area contributed by atoms with Crippen molar-refractivity contribution >= 4 is 0 Å². The van der Waals surface area contributed by atoms with E-state index in [-0.39, 0.29) is 11.9 Å². The minimum absolute atomic E-state index is 0.212. The Bertz CT molecular complexity index is 336. The molecule has 4 heteroatoms. The van der Waals surface area contributed by atoms with Gasteiger partial charge in [-0.3, -0.25) is 4.98 Å². The predicted octanol–water partition coefficient (Wildman–Crippen LogP) is 2.30. The second-order valence-electron chi connectivity index (χ2n) is 4.39. The topological polar surface area (TPSA) is 34.2 Å². The lowest BCUT2D eigenvalue weighted by atomic mass is 9.89. The van der Waals surface area contributed by atoms with Gasteiger partial charge in [0, 0.05) is 13.2 Å². The summed E-state index contributed by atoms with van der Waals surface area (Å²) in [6.45, 7) is 4.60. The Kier molecular flexibility index (Phi) is 4.45. The van der Waals surface area contributed by atoms with E-state index in [2.05, 4.69) is 17.2 Å². The SMILES string of the molecule is CCNC(c1ccc(F)cn1)C1CCOCC1. The number of pyridine rings is 1. The third kappa shape index (κ3) is 3.23. The van der Waals surface area contributed by atoms with Crippen molar-refractivity contribution in [2.24, 2.45) is 5.92 Å². The van der Waals surface area contributed by atoms with E-state index in [9.17, 15) is 4.39 Å². The molecule has 0 aliphatic carbocycles. The predicted molar refractivity (Wildman–Crippen MR) is 64.2 cm³/mol. The lowest BCUT2D eigenvalue weighted by Gasteiger charge is -2.30. The van der Waals surface area contributed by atoms with Gasteiger partial charge < -0.3 is 10.1 Å². The van der Waals surface area contributed by atoms with Gasteiger partial charge in [-0.25, -0.2) is 4.39 Å². The van der Waals surface area contributed by atoms with Crippen LogP contribution in [0.4, 0.5) is 4.39 Å². The van der Waals surface area contributed by atoms with Crippen LogP contribution in [-0.2, 0) is 4.74 Å². The van der Waals surface area contributed by atoms with Crippen LogP contribution in [0.1, 0.15) is 31.5 Å². The summed E-state index contributed by atoms with van der Waals surface area (Å²) in [7, 11) is 0. The highest BCUT2D eigenvalue weighted by Gasteiger charge is 2.25. The maximum absolute atomic E-state index is 12.9. The molecule has 0 aromatic carbocycles. The summed E-state index contributed by atoms with van der Waals surface area (Å²) in [5, 5.41) is 3.45. The van der Waals surface area contributed by atoms with Crippen LogP contribution in [0.3, 0.4) is 0 Å². The largest absolute Gasteiger partial charge is 0.381 e. The molecule has 1 aromatic rings. The standard InChI is InChI=1S/C13H19FN2O/c1-2-15-13(10-5-7-17-8-6-10)12-4-3-11(14)9-16-12/h3-4,9-10,13,15H,2,5-8H2,1H3. The summed E-state index contributed by atoms with van der Waals surface area (Å²) in [5.41, 5.74) is 0.931. The summed E-state index contributed by atoms with van der Waals surface area (Å²) < 4.78 is 18.3. The Morgan fingerprint density at radius 2 is 2.24 bits per heavy atom. The van der Waals surface area contributed by atoms with E-state index < -0.39 is 0 Å². The Labute approximate surface area is 101 Å². The number of rotatable bonds is 4. The fraction of sp³-hybridized carbons (Fsp3) is 0.615. The van der Waals surface area contributed by atoms with Gasteiger partial charge in [-0.05, 0) is 37.4 Å². The molecule has 1 unspecified atom stereocenters. The molecule has 1 aliphatic rings. The van der Waals surface area contributed by atoms with Crippen LogP contribution in [0.25, 0.3) is 0 Å². The van der Waals surface area contributed by atoms with Crippen LogP contribution in [0, 0.1) is 11.7 Å². The summed E-state index contributed by atoms with van der Waals surface area (Å²) in [6, 6.07) is 3.47. The van der Waals surface area contributed by atoms with E-state index in [4.69, 9.17) is 4.74 Å². The minimum Gasteiger partial charge on any atom is -0.381 e. The van der Waals surface area contributed by atoms with Crippen molar-refractivity contribution in [3.8, 4) is 0 Å². The normalized spacial score (nSPS) is 19.2. The number of hydrogen-bond donors (Lipinski definition) is 1. The Hall–Kier alpha value is -1.00. The molecule has 1 aromatic heterocycles. The van der Waals surface area contributed by atoms with Crippen LogP contribution in [-0.4, -0.2) is 24.7 Å². The van der Waals surface area contributed by atoms with Gasteiger partial charge in [0.2, 0.25) is 0 Å². The second-order valence-corrected chi connectivity index (χ2v) is 4.39. The molecule has 1 atom stereocenters. The Morgan fingerprint density at radius 3 is 2.82 bits per heavy atom. The molecule has 1 N–H and O–H groups in total. The molecule has 0 spiro atoms. The molecule has 17 heavy (non-hydrogen) atoms. The van der Waals surface area contributed by atoms with Gasteiger partial charge in [0.25, 0.3) is 0 Å². The maximum Gasteiger partial charge on any atom is 0.141 e. The van der Waals surface area contributed by atoms with E-state index >= 15 is 0 Å². The van der Waals surface area contributed by atoms with Crippen LogP contribution < -0.4 is 5.32 Å². The highest BCUT2D eigenvalue weighted by Crippen LogP contribution is 2.28. The summed E-state index contributed by atoms with van der Waals surface area (Å²) in [5.74, 6) is 0.248. The number of halogens is 1. The molecule has 3 nitrogen and oxygen atoms in total. The van der Waals surface area contributed by atoms with E-state index in [0.717, 1.165) is 38.3 Å². The van der Waals surface area contributed by atoms with Gasteiger partial charge in [0.1, 0.15) is 5.82 Å². The van der Waals surface area contributed by atoms with Crippen molar-refractivity contribution in [1.29, 1.82) is 0 Å². The van der Waals surface area contributed by atoms with Crippen LogP contribution in [0.2, 0.25) is 0 Å². The first-order valence-corrected chi connectivity index (χ1v) is 6.24. The first-order chi connectivity index (χ1) is 8.31. The summed E-state index contributed by atoms with van der Waals surface area (Å²) >= 11 is 0. The number of hydrogen-bond acceptors (Lipinski definition) is 3. The zero-order valence-corrected chi connectivity index (χ0v) is 10.2.